The first kappa shape index (κ1) is 19.2. The van der Waals surface area contributed by atoms with Crippen LogP contribution in [0.5, 0.6) is 0 Å². The van der Waals surface area contributed by atoms with Crippen molar-refractivity contribution >= 4 is 22.6 Å². The summed E-state index contributed by atoms with van der Waals surface area (Å²) in [5.41, 5.74) is 0.982. The Balaban J connectivity index is 0.000000447. The molecule has 0 spiro atoms. The number of nitrogens with two attached hydrogens (primary N) is 1. The molecule has 1 aromatic carbocycles. The summed E-state index contributed by atoms with van der Waals surface area (Å²) in [5.74, 6) is 1.63. The fourth-order valence-corrected chi connectivity index (χ4v) is 5.45. The van der Waals surface area contributed by atoms with Gasteiger partial charge in [0.1, 0.15) is 5.69 Å². The minimum atomic E-state index is -2.36. The van der Waals surface area contributed by atoms with Gasteiger partial charge in [-0.1, -0.05) is 12.1 Å². The van der Waals surface area contributed by atoms with E-state index in [0.717, 1.165) is 25.3 Å². The second-order valence-electron chi connectivity index (χ2n) is 7.85. The van der Waals surface area contributed by atoms with E-state index in [0.29, 0.717) is 17.5 Å². The summed E-state index contributed by atoms with van der Waals surface area (Å²) in [5, 5.41) is 28.8. The van der Waals surface area contributed by atoms with Gasteiger partial charge in [0.2, 0.25) is 0 Å². The molecule has 0 saturated heterocycles. The highest BCUT2D eigenvalue weighted by Gasteiger charge is 2.54. The Hall–Kier alpha value is -1.55. The second-order valence-corrected chi connectivity index (χ2v) is 8.37. The van der Waals surface area contributed by atoms with Crippen LogP contribution in [0.15, 0.2) is 24.3 Å². The van der Waals surface area contributed by atoms with Crippen molar-refractivity contribution < 1.29 is 18.8 Å². The summed E-state index contributed by atoms with van der Waals surface area (Å²) in [7, 11) is 0. The molecule has 4 fully saturated rings. The number of hydrogen-bond donors (Lipinski definition) is 3. The van der Waals surface area contributed by atoms with Gasteiger partial charge in [0.05, 0.1) is 11.0 Å². The zero-order valence-electron chi connectivity index (χ0n) is 14.4. The largest absolute Gasteiger partial charge is 0.760 e. The van der Waals surface area contributed by atoms with Crippen molar-refractivity contribution in [2.75, 3.05) is 11.9 Å². The molecule has 1 aromatic rings. The lowest BCUT2D eigenvalue weighted by molar-refractivity contribution is -0.384. The quantitative estimate of drug-likeness (QED) is 0.413. The van der Waals surface area contributed by atoms with Gasteiger partial charge in [-0.25, -0.2) is 0 Å². The molecule has 0 aliphatic heterocycles. The van der Waals surface area contributed by atoms with Gasteiger partial charge in [-0.15, -0.1) is 0 Å². The van der Waals surface area contributed by atoms with Gasteiger partial charge in [-0.2, -0.15) is 0 Å². The van der Waals surface area contributed by atoms with Crippen LogP contribution in [0.2, 0.25) is 0 Å². The third-order valence-corrected chi connectivity index (χ3v) is 6.10. The van der Waals surface area contributed by atoms with Crippen LogP contribution in [0.4, 0.5) is 11.4 Å². The number of anilines is 1. The Morgan fingerprint density at radius 1 is 1.27 bits per heavy atom. The predicted octanol–water partition coefficient (Wildman–Crippen LogP) is 1.93. The van der Waals surface area contributed by atoms with Crippen LogP contribution in [-0.2, 0) is 11.3 Å². The fraction of sp³-hybridized carbons (Fsp3) is 0.647. The Morgan fingerprint density at radius 2 is 1.85 bits per heavy atom. The topological polar surface area (TPSA) is 142 Å². The second kappa shape index (κ2) is 7.59. The molecule has 26 heavy (non-hydrogen) atoms. The Morgan fingerprint density at radius 3 is 2.42 bits per heavy atom. The first-order valence-corrected chi connectivity index (χ1v) is 9.92. The average Bonchev–Trinajstić information content (AvgIpc) is 2.57. The van der Waals surface area contributed by atoms with Crippen LogP contribution in [0.1, 0.15) is 32.1 Å². The summed E-state index contributed by atoms with van der Waals surface area (Å²) in [4.78, 5) is 10.8. The summed E-state index contributed by atoms with van der Waals surface area (Å²) in [6.45, 7) is 0.786. The number of nitro benzene ring substituents is 1. The highest BCUT2D eigenvalue weighted by atomic mass is 32.2. The number of hydrogen-bond acceptors (Lipinski definition) is 6. The van der Waals surface area contributed by atoms with Crippen molar-refractivity contribution in [2.45, 2.75) is 38.2 Å². The molecule has 0 heterocycles. The molecule has 0 aromatic heterocycles. The molecule has 4 bridgehead atoms. The van der Waals surface area contributed by atoms with Crippen molar-refractivity contribution in [1.82, 2.24) is 0 Å². The summed E-state index contributed by atoms with van der Waals surface area (Å²) in [6.07, 6.45) is 5.57. The molecule has 4 N–H and O–H groups in total. The minimum absolute atomic E-state index is 0.115. The molecule has 3 atom stereocenters. The highest BCUT2D eigenvalue weighted by Crippen LogP contribution is 2.60. The van der Waals surface area contributed by atoms with Crippen molar-refractivity contribution in [1.29, 1.82) is 0 Å². The molecular formula is C17H24N3O5S-. The number of aliphatic hydroxyl groups excluding tert-OH is 1. The molecule has 3 unspecified atom stereocenters. The first-order chi connectivity index (χ1) is 12.3. The third kappa shape index (κ3) is 4.06. The molecule has 0 amide bonds. The average molecular weight is 382 g/mol. The standard InChI is InChI=1S/C17H22N2O3.H3NO2S/c20-16-12-5-11-6-13(16)9-17(7-11,8-12)10-18-14-3-1-2-4-15(14)19(21)22;1-4(2)3/h1-4,11-13,16,18,20H,5-10H2;1H2,(H,2,3)/p-1. The molecule has 144 valence electrons. The molecule has 4 aliphatic carbocycles. The molecule has 0 radical (unpaired) electrons. The van der Waals surface area contributed by atoms with Crippen molar-refractivity contribution in [2.24, 2.45) is 28.3 Å². The Bertz CT molecular complexity index is 681. The van der Waals surface area contributed by atoms with E-state index in [4.69, 9.17) is 8.76 Å². The van der Waals surface area contributed by atoms with Gasteiger partial charge < -0.3 is 15.0 Å². The van der Waals surface area contributed by atoms with Gasteiger partial charge in [0, 0.05) is 23.9 Å². The molecule has 9 heteroatoms. The molecule has 5 rings (SSSR count). The number of nitrogens with one attached hydrogen (secondary N) is 1. The van der Waals surface area contributed by atoms with Gasteiger partial charge >= 0.3 is 0 Å². The molecule has 8 nitrogen and oxygen atoms in total. The van der Waals surface area contributed by atoms with E-state index in [1.807, 2.05) is 6.07 Å². The lowest BCUT2D eigenvalue weighted by Crippen LogP contribution is -2.55. The van der Waals surface area contributed by atoms with Gasteiger partial charge in [0.25, 0.3) is 5.69 Å². The third-order valence-electron chi connectivity index (χ3n) is 6.10. The number of rotatable bonds is 4. The number of aliphatic hydroxyl groups is 1. The Kier molecular flexibility index (Phi) is 5.61. The van der Waals surface area contributed by atoms with Gasteiger partial charge in [-0.05, 0) is 61.3 Å². The lowest BCUT2D eigenvalue weighted by Gasteiger charge is -2.59. The van der Waals surface area contributed by atoms with Gasteiger partial charge in [-0.3, -0.25) is 19.5 Å². The molecule has 4 aliphatic rings. The molecule has 4 saturated carbocycles. The minimum Gasteiger partial charge on any atom is -0.760 e. The van der Waals surface area contributed by atoms with Crippen molar-refractivity contribution in [3.63, 3.8) is 0 Å². The van der Waals surface area contributed by atoms with Crippen molar-refractivity contribution in [3.05, 3.63) is 34.4 Å². The van der Waals surface area contributed by atoms with E-state index in [1.165, 1.54) is 19.3 Å². The van der Waals surface area contributed by atoms with Crippen LogP contribution in [-0.4, -0.2) is 31.4 Å². The van der Waals surface area contributed by atoms with Crippen molar-refractivity contribution in [3.8, 4) is 0 Å². The number of para-hydroxylation sites is 2. The van der Waals surface area contributed by atoms with E-state index in [9.17, 15) is 15.2 Å². The summed E-state index contributed by atoms with van der Waals surface area (Å²) in [6, 6.07) is 6.86. The van der Waals surface area contributed by atoms with Gasteiger partial charge in [0.15, 0.2) is 0 Å². The maximum Gasteiger partial charge on any atom is 0.292 e. The van der Waals surface area contributed by atoms with E-state index < -0.39 is 11.3 Å². The fourth-order valence-electron chi connectivity index (χ4n) is 5.45. The lowest BCUT2D eigenvalue weighted by atomic mass is 9.48. The van der Waals surface area contributed by atoms with E-state index in [-0.39, 0.29) is 22.1 Å². The zero-order valence-corrected chi connectivity index (χ0v) is 15.2. The van der Waals surface area contributed by atoms with E-state index in [1.54, 1.807) is 18.2 Å². The van der Waals surface area contributed by atoms with Crippen LogP contribution >= 0.6 is 0 Å². The predicted molar refractivity (Wildman–Crippen MR) is 96.7 cm³/mol. The smallest absolute Gasteiger partial charge is 0.292 e. The van der Waals surface area contributed by atoms with E-state index in [2.05, 4.69) is 10.5 Å². The highest BCUT2D eigenvalue weighted by molar-refractivity contribution is 7.76. The number of nitro groups is 1. The summed E-state index contributed by atoms with van der Waals surface area (Å²) < 4.78 is 17.6. The Labute approximate surface area is 154 Å². The summed E-state index contributed by atoms with van der Waals surface area (Å²) >= 11 is -2.36. The normalized spacial score (nSPS) is 35.3. The van der Waals surface area contributed by atoms with Crippen LogP contribution < -0.4 is 10.5 Å². The number of benzene rings is 1. The first-order valence-electron chi connectivity index (χ1n) is 8.79. The van der Waals surface area contributed by atoms with E-state index >= 15 is 0 Å². The van der Waals surface area contributed by atoms with Crippen LogP contribution in [0.3, 0.4) is 0 Å². The van der Waals surface area contributed by atoms with Crippen LogP contribution in [0.25, 0.3) is 0 Å². The maximum absolute atomic E-state index is 11.1. The molecular weight excluding hydrogens is 358 g/mol. The maximum atomic E-state index is 11.1. The monoisotopic (exact) mass is 382 g/mol. The SMILES string of the molecule is NS(=O)[O-].O=[N+]([O-])c1ccccc1NCC12CC3CC(C1)C(O)C(C3)C2. The number of nitrogens with zero attached hydrogens (tertiary/aromatic N) is 1. The van der Waals surface area contributed by atoms with Crippen LogP contribution in [0, 0.1) is 33.3 Å². The zero-order chi connectivity index (χ0) is 18.9.